The van der Waals surface area contributed by atoms with Gasteiger partial charge in [-0.15, -0.1) is 6.42 Å². The van der Waals surface area contributed by atoms with Crippen LogP contribution in [0.5, 0.6) is 11.5 Å². The summed E-state index contributed by atoms with van der Waals surface area (Å²) in [4.78, 5) is 27.4. The normalized spacial score (nSPS) is 15.1. The molecule has 1 aliphatic rings. The number of terminal acetylenes is 1. The molecular weight excluding hydrogens is 426 g/mol. The largest absolute Gasteiger partial charge is 0.497 e. The van der Waals surface area contributed by atoms with Crippen molar-refractivity contribution in [3.63, 3.8) is 0 Å². The lowest BCUT2D eigenvalue weighted by atomic mass is 10.1. The van der Waals surface area contributed by atoms with Crippen LogP contribution >= 0.6 is 12.2 Å². The number of methoxy groups -OCH3 is 2. The molecule has 2 heterocycles. The third-order valence-electron chi connectivity index (χ3n) is 5.11. The zero-order valence-electron chi connectivity index (χ0n) is 17.4. The fraction of sp³-hybridized carbons (Fsp3) is 0.125. The van der Waals surface area contributed by atoms with Crippen LogP contribution in [0.15, 0.2) is 54.2 Å². The van der Waals surface area contributed by atoms with Crippen LogP contribution in [0, 0.1) is 12.3 Å². The van der Waals surface area contributed by atoms with E-state index >= 15 is 0 Å². The first-order valence-electron chi connectivity index (χ1n) is 9.63. The van der Waals surface area contributed by atoms with Gasteiger partial charge in [-0.3, -0.25) is 14.9 Å². The lowest BCUT2D eigenvalue weighted by molar-refractivity contribution is -0.122. The Labute approximate surface area is 190 Å². The van der Waals surface area contributed by atoms with E-state index < -0.39 is 11.8 Å². The van der Waals surface area contributed by atoms with Crippen molar-refractivity contribution in [3.8, 4) is 23.8 Å². The van der Waals surface area contributed by atoms with E-state index in [9.17, 15) is 9.59 Å². The summed E-state index contributed by atoms with van der Waals surface area (Å²) in [6.45, 7) is 0.364. The summed E-state index contributed by atoms with van der Waals surface area (Å²) < 4.78 is 12.5. The van der Waals surface area contributed by atoms with E-state index in [0.717, 1.165) is 10.9 Å². The predicted octanol–water partition coefficient (Wildman–Crippen LogP) is 3.12. The molecular formula is C24H19N3O4S. The molecule has 2 amide bonds. The Balaban J connectivity index is 1.82. The molecule has 2 aromatic carbocycles. The number of aromatic nitrogens is 1. The molecule has 0 unspecified atom stereocenters. The number of hydrogen-bond donors (Lipinski definition) is 1. The van der Waals surface area contributed by atoms with Gasteiger partial charge in [0.2, 0.25) is 0 Å². The van der Waals surface area contributed by atoms with E-state index in [4.69, 9.17) is 28.1 Å². The number of benzene rings is 2. The average molecular weight is 446 g/mol. The highest BCUT2D eigenvalue weighted by molar-refractivity contribution is 7.80. The van der Waals surface area contributed by atoms with Gasteiger partial charge >= 0.3 is 0 Å². The minimum atomic E-state index is -0.572. The molecule has 0 bridgehead atoms. The maximum absolute atomic E-state index is 13.4. The molecule has 0 spiro atoms. The van der Waals surface area contributed by atoms with Gasteiger partial charge in [0.1, 0.15) is 17.1 Å². The highest BCUT2D eigenvalue weighted by Gasteiger charge is 2.36. The first kappa shape index (κ1) is 21.2. The monoisotopic (exact) mass is 445 g/mol. The van der Waals surface area contributed by atoms with Crippen LogP contribution < -0.4 is 19.7 Å². The van der Waals surface area contributed by atoms with Crippen LogP contribution in [0.3, 0.4) is 0 Å². The molecule has 32 heavy (non-hydrogen) atoms. The fourth-order valence-corrected chi connectivity index (χ4v) is 3.89. The van der Waals surface area contributed by atoms with Gasteiger partial charge in [0, 0.05) is 28.7 Å². The third-order valence-corrected chi connectivity index (χ3v) is 5.39. The number of amides is 2. The quantitative estimate of drug-likeness (QED) is 0.283. The Bertz CT molecular complexity index is 1330. The number of carbonyl (C=O) groups excluding carboxylic acids is 2. The van der Waals surface area contributed by atoms with Crippen LogP contribution in [0.25, 0.3) is 17.0 Å². The van der Waals surface area contributed by atoms with E-state index in [2.05, 4.69) is 11.2 Å². The van der Waals surface area contributed by atoms with Gasteiger partial charge in [0.15, 0.2) is 5.11 Å². The van der Waals surface area contributed by atoms with Crippen molar-refractivity contribution in [1.29, 1.82) is 0 Å². The summed E-state index contributed by atoms with van der Waals surface area (Å²) in [7, 11) is 3.01. The van der Waals surface area contributed by atoms with E-state index in [1.54, 1.807) is 24.3 Å². The highest BCUT2D eigenvalue weighted by atomic mass is 32.1. The molecule has 1 fully saturated rings. The summed E-state index contributed by atoms with van der Waals surface area (Å²) in [5.41, 5.74) is 1.94. The molecule has 7 nitrogen and oxygen atoms in total. The number of fused-ring (bicyclic) bond motifs is 1. The van der Waals surface area contributed by atoms with Crippen molar-refractivity contribution in [3.05, 3.63) is 59.8 Å². The van der Waals surface area contributed by atoms with Crippen LogP contribution in [0.4, 0.5) is 5.69 Å². The van der Waals surface area contributed by atoms with Gasteiger partial charge in [-0.1, -0.05) is 24.1 Å². The van der Waals surface area contributed by atoms with Crippen molar-refractivity contribution in [2.75, 3.05) is 19.1 Å². The van der Waals surface area contributed by atoms with Gasteiger partial charge in [-0.2, -0.15) is 0 Å². The average Bonchev–Trinajstić information content (AvgIpc) is 3.14. The Hall–Kier alpha value is -4.09. The second-order valence-corrected chi connectivity index (χ2v) is 7.32. The smallest absolute Gasteiger partial charge is 0.270 e. The Morgan fingerprint density at radius 1 is 1.16 bits per heavy atom. The number of ether oxygens (including phenoxy) is 2. The van der Waals surface area contributed by atoms with E-state index in [1.165, 1.54) is 19.1 Å². The van der Waals surface area contributed by atoms with E-state index in [0.29, 0.717) is 29.3 Å². The predicted molar refractivity (Wildman–Crippen MR) is 127 cm³/mol. The standard InChI is InChI=1S/C24H19N3O4S/c1-4-11-26-14-15(17-7-5-6-8-19(17)26)12-18-22(28)25-24(32)27(23(18)29)20-10-9-16(30-2)13-21(20)31-3/h1,5-10,12-14H,11H2,2-3H3,(H,25,28,32)/b18-12+. The highest BCUT2D eigenvalue weighted by Crippen LogP contribution is 2.34. The molecule has 0 radical (unpaired) electrons. The summed E-state index contributed by atoms with van der Waals surface area (Å²) in [5.74, 6) is 2.42. The zero-order valence-corrected chi connectivity index (χ0v) is 18.2. The molecule has 8 heteroatoms. The Kier molecular flexibility index (Phi) is 5.67. The van der Waals surface area contributed by atoms with Crippen molar-refractivity contribution >= 4 is 51.8 Å². The van der Waals surface area contributed by atoms with Gasteiger partial charge in [-0.05, 0) is 36.5 Å². The summed E-state index contributed by atoms with van der Waals surface area (Å²) >= 11 is 5.30. The maximum Gasteiger partial charge on any atom is 0.270 e. The Morgan fingerprint density at radius 3 is 2.66 bits per heavy atom. The number of nitrogens with one attached hydrogen (secondary N) is 1. The van der Waals surface area contributed by atoms with Gasteiger partial charge in [0.25, 0.3) is 11.8 Å². The van der Waals surface area contributed by atoms with Crippen LogP contribution in [-0.2, 0) is 16.1 Å². The lowest BCUT2D eigenvalue weighted by Gasteiger charge is -2.30. The number of rotatable bonds is 5. The van der Waals surface area contributed by atoms with Gasteiger partial charge in [0.05, 0.1) is 26.5 Å². The number of carbonyl (C=O) groups is 2. The van der Waals surface area contributed by atoms with E-state index in [1.807, 2.05) is 35.0 Å². The SMILES string of the molecule is C#CCn1cc(/C=C2\C(=O)NC(=S)N(c3ccc(OC)cc3OC)C2=O)c2ccccc21. The number of nitrogens with zero attached hydrogens (tertiary/aromatic N) is 2. The molecule has 0 saturated carbocycles. The molecule has 1 saturated heterocycles. The molecule has 0 aliphatic carbocycles. The zero-order chi connectivity index (χ0) is 22.8. The molecule has 4 rings (SSSR count). The van der Waals surface area contributed by atoms with Gasteiger partial charge < -0.3 is 14.0 Å². The summed E-state index contributed by atoms with van der Waals surface area (Å²) in [6, 6.07) is 12.6. The van der Waals surface area contributed by atoms with Crippen molar-refractivity contribution in [2.45, 2.75) is 6.54 Å². The molecule has 160 valence electrons. The second kappa shape index (κ2) is 8.57. The number of para-hydroxylation sites is 1. The van der Waals surface area contributed by atoms with Gasteiger partial charge in [-0.25, -0.2) is 4.90 Å². The number of anilines is 1. The molecule has 0 atom stereocenters. The first-order chi connectivity index (χ1) is 15.5. The molecule has 3 aromatic rings. The maximum atomic E-state index is 13.4. The second-order valence-electron chi connectivity index (χ2n) is 6.93. The van der Waals surface area contributed by atoms with Crippen LogP contribution in [-0.4, -0.2) is 35.7 Å². The van der Waals surface area contributed by atoms with Crippen molar-refractivity contribution < 1.29 is 19.1 Å². The summed E-state index contributed by atoms with van der Waals surface area (Å²) in [5, 5.41) is 3.43. The molecule has 1 N–H and O–H groups in total. The lowest BCUT2D eigenvalue weighted by Crippen LogP contribution is -2.54. The fourth-order valence-electron chi connectivity index (χ4n) is 3.62. The minimum Gasteiger partial charge on any atom is -0.497 e. The first-order valence-corrected chi connectivity index (χ1v) is 10.0. The van der Waals surface area contributed by atoms with Crippen LogP contribution in [0.1, 0.15) is 5.56 Å². The Morgan fingerprint density at radius 2 is 1.94 bits per heavy atom. The number of hydrogen-bond acceptors (Lipinski definition) is 5. The molecule has 1 aliphatic heterocycles. The van der Waals surface area contributed by atoms with Crippen molar-refractivity contribution in [1.82, 2.24) is 9.88 Å². The van der Waals surface area contributed by atoms with E-state index in [-0.39, 0.29) is 10.7 Å². The number of thiocarbonyl (C=S) groups is 1. The van der Waals surface area contributed by atoms with Crippen LogP contribution in [0.2, 0.25) is 0 Å². The topological polar surface area (TPSA) is 72.8 Å². The molecule has 1 aromatic heterocycles. The third kappa shape index (κ3) is 3.59. The van der Waals surface area contributed by atoms with Crippen molar-refractivity contribution in [2.24, 2.45) is 0 Å². The minimum absolute atomic E-state index is 0.0321. The summed E-state index contributed by atoms with van der Waals surface area (Å²) in [6.07, 6.45) is 8.86.